The molecule has 1 N–H and O–H groups in total. The third kappa shape index (κ3) is 2.49. The van der Waals surface area contributed by atoms with Gasteiger partial charge in [-0.2, -0.15) is 0 Å². The quantitative estimate of drug-likeness (QED) is 0.730. The van der Waals surface area contributed by atoms with Crippen LogP contribution in [0.4, 0.5) is 0 Å². The molecule has 1 heterocycles. The number of likely N-dealkylation sites (N-methyl/N-ethyl adjacent to an activating group) is 1. The lowest BCUT2D eigenvalue weighted by Crippen LogP contribution is -2.18. The zero-order valence-corrected chi connectivity index (χ0v) is 12.7. The standard InChI is InChI=1S/C18H19NS/c1-13-10-11-20-18(13)17(19-2)12-15-8-5-7-14-6-3-4-9-16(14)15/h3-11,17,19H,12H2,1-2H3. The molecule has 1 unspecified atom stereocenters. The van der Waals surface area contributed by atoms with Crippen molar-refractivity contribution in [2.24, 2.45) is 0 Å². The summed E-state index contributed by atoms with van der Waals surface area (Å²) < 4.78 is 0. The van der Waals surface area contributed by atoms with Crippen LogP contribution in [0.5, 0.6) is 0 Å². The van der Waals surface area contributed by atoms with E-state index in [0.717, 1.165) is 6.42 Å². The lowest BCUT2D eigenvalue weighted by molar-refractivity contribution is 0.601. The Bertz CT molecular complexity index is 709. The highest BCUT2D eigenvalue weighted by Crippen LogP contribution is 2.29. The molecule has 0 aliphatic carbocycles. The van der Waals surface area contributed by atoms with Crippen molar-refractivity contribution in [2.45, 2.75) is 19.4 Å². The Kier molecular flexibility index (Phi) is 3.86. The molecule has 2 heteroatoms. The Hall–Kier alpha value is -1.64. The first-order chi connectivity index (χ1) is 9.79. The molecule has 2 aromatic carbocycles. The van der Waals surface area contributed by atoms with E-state index in [1.54, 1.807) is 0 Å². The molecule has 3 rings (SSSR count). The zero-order valence-electron chi connectivity index (χ0n) is 11.9. The van der Waals surface area contributed by atoms with E-state index in [4.69, 9.17) is 0 Å². The van der Waals surface area contributed by atoms with Crippen LogP contribution in [0, 0.1) is 6.92 Å². The van der Waals surface area contributed by atoms with Crippen LogP contribution in [0.2, 0.25) is 0 Å². The van der Waals surface area contributed by atoms with Gasteiger partial charge in [-0.25, -0.2) is 0 Å². The molecule has 0 saturated carbocycles. The molecule has 0 aliphatic heterocycles. The minimum atomic E-state index is 0.390. The smallest absolute Gasteiger partial charge is 0.0456 e. The van der Waals surface area contributed by atoms with Crippen LogP contribution in [-0.2, 0) is 6.42 Å². The fourth-order valence-corrected chi connectivity index (χ4v) is 3.80. The molecular formula is C18H19NS. The molecule has 3 aromatic rings. The van der Waals surface area contributed by atoms with Gasteiger partial charge in [0.05, 0.1) is 0 Å². The van der Waals surface area contributed by atoms with Crippen molar-refractivity contribution in [3.8, 4) is 0 Å². The van der Waals surface area contributed by atoms with E-state index in [2.05, 4.69) is 73.2 Å². The van der Waals surface area contributed by atoms with Crippen LogP contribution in [-0.4, -0.2) is 7.05 Å². The minimum Gasteiger partial charge on any atom is -0.312 e. The Morgan fingerprint density at radius 1 is 1.05 bits per heavy atom. The van der Waals surface area contributed by atoms with E-state index in [9.17, 15) is 0 Å². The third-order valence-corrected chi connectivity index (χ3v) is 5.00. The SMILES string of the molecule is CNC(Cc1cccc2ccccc12)c1sccc1C. The number of benzene rings is 2. The van der Waals surface area contributed by atoms with Gasteiger partial charge in [0.15, 0.2) is 0 Å². The van der Waals surface area contributed by atoms with Gasteiger partial charge in [0.2, 0.25) is 0 Å². The molecule has 0 bridgehead atoms. The van der Waals surface area contributed by atoms with Crippen LogP contribution < -0.4 is 5.32 Å². The van der Waals surface area contributed by atoms with Gasteiger partial charge in [0, 0.05) is 10.9 Å². The summed E-state index contributed by atoms with van der Waals surface area (Å²) in [6.45, 7) is 2.19. The predicted molar refractivity (Wildman–Crippen MR) is 88.5 cm³/mol. The second-order valence-corrected chi connectivity index (χ2v) is 6.10. The van der Waals surface area contributed by atoms with Crippen LogP contribution in [0.25, 0.3) is 10.8 Å². The van der Waals surface area contributed by atoms with Gasteiger partial charge in [-0.3, -0.25) is 0 Å². The summed E-state index contributed by atoms with van der Waals surface area (Å²) in [4.78, 5) is 1.44. The predicted octanol–water partition coefficient (Wildman–Crippen LogP) is 4.71. The molecule has 0 amide bonds. The maximum absolute atomic E-state index is 3.47. The molecule has 0 radical (unpaired) electrons. The van der Waals surface area contributed by atoms with Crippen LogP contribution >= 0.6 is 11.3 Å². The highest BCUT2D eigenvalue weighted by Gasteiger charge is 2.15. The van der Waals surface area contributed by atoms with E-state index in [0.29, 0.717) is 6.04 Å². The van der Waals surface area contributed by atoms with E-state index in [-0.39, 0.29) is 0 Å². The molecule has 1 atom stereocenters. The van der Waals surface area contributed by atoms with E-state index in [1.807, 2.05) is 11.3 Å². The van der Waals surface area contributed by atoms with Crippen molar-refractivity contribution in [1.82, 2.24) is 5.32 Å². The number of rotatable bonds is 4. The Balaban J connectivity index is 1.98. The number of hydrogen-bond acceptors (Lipinski definition) is 2. The number of fused-ring (bicyclic) bond motifs is 1. The van der Waals surface area contributed by atoms with Gasteiger partial charge in [0.25, 0.3) is 0 Å². The molecule has 0 aliphatic rings. The molecule has 102 valence electrons. The van der Waals surface area contributed by atoms with Crippen molar-refractivity contribution in [1.29, 1.82) is 0 Å². The third-order valence-electron chi connectivity index (χ3n) is 3.87. The van der Waals surface area contributed by atoms with Crippen molar-refractivity contribution in [2.75, 3.05) is 7.05 Å². The summed E-state index contributed by atoms with van der Waals surface area (Å²) in [5.41, 5.74) is 2.80. The molecule has 0 fully saturated rings. The number of hydrogen-bond donors (Lipinski definition) is 1. The molecule has 20 heavy (non-hydrogen) atoms. The summed E-state index contributed by atoms with van der Waals surface area (Å²) in [6, 6.07) is 17.8. The highest BCUT2D eigenvalue weighted by molar-refractivity contribution is 7.10. The second-order valence-electron chi connectivity index (χ2n) is 5.15. The van der Waals surface area contributed by atoms with E-state index >= 15 is 0 Å². The van der Waals surface area contributed by atoms with Crippen molar-refractivity contribution in [3.05, 3.63) is 69.9 Å². The lowest BCUT2D eigenvalue weighted by atomic mass is 9.97. The van der Waals surface area contributed by atoms with E-state index < -0.39 is 0 Å². The van der Waals surface area contributed by atoms with Gasteiger partial charge in [-0.15, -0.1) is 11.3 Å². The molecule has 0 spiro atoms. The summed E-state index contributed by atoms with van der Waals surface area (Å²) in [6.07, 6.45) is 1.03. The fraction of sp³-hybridized carbons (Fsp3) is 0.222. The molecule has 1 aromatic heterocycles. The largest absolute Gasteiger partial charge is 0.312 e. The number of nitrogens with one attached hydrogen (secondary N) is 1. The van der Waals surface area contributed by atoms with Crippen LogP contribution in [0.3, 0.4) is 0 Å². The van der Waals surface area contributed by atoms with Gasteiger partial charge < -0.3 is 5.32 Å². The first-order valence-electron chi connectivity index (χ1n) is 6.97. The first-order valence-corrected chi connectivity index (χ1v) is 7.85. The van der Waals surface area contributed by atoms with Gasteiger partial charge in [0.1, 0.15) is 0 Å². The summed E-state index contributed by atoms with van der Waals surface area (Å²) >= 11 is 1.84. The first kappa shape index (κ1) is 13.3. The molecule has 0 saturated heterocycles. The minimum absolute atomic E-state index is 0.390. The second kappa shape index (κ2) is 5.78. The molecular weight excluding hydrogens is 262 g/mol. The normalized spacial score (nSPS) is 12.7. The Labute approximate surface area is 124 Å². The maximum atomic E-state index is 3.47. The average Bonchev–Trinajstić information content (AvgIpc) is 2.91. The number of aryl methyl sites for hydroxylation is 1. The summed E-state index contributed by atoms with van der Waals surface area (Å²) in [7, 11) is 2.05. The van der Waals surface area contributed by atoms with E-state index in [1.165, 1.54) is 26.8 Å². The summed E-state index contributed by atoms with van der Waals surface area (Å²) in [5.74, 6) is 0. The Morgan fingerprint density at radius 2 is 1.85 bits per heavy atom. The van der Waals surface area contributed by atoms with Crippen molar-refractivity contribution < 1.29 is 0 Å². The fourth-order valence-electron chi connectivity index (χ4n) is 2.76. The maximum Gasteiger partial charge on any atom is 0.0456 e. The summed E-state index contributed by atoms with van der Waals surface area (Å²) in [5, 5.41) is 8.33. The number of thiophene rings is 1. The van der Waals surface area contributed by atoms with Gasteiger partial charge >= 0.3 is 0 Å². The zero-order chi connectivity index (χ0) is 13.9. The van der Waals surface area contributed by atoms with Gasteiger partial charge in [-0.05, 0) is 53.7 Å². The highest BCUT2D eigenvalue weighted by atomic mass is 32.1. The molecule has 1 nitrogen and oxygen atoms in total. The van der Waals surface area contributed by atoms with Gasteiger partial charge in [-0.1, -0.05) is 42.5 Å². The van der Waals surface area contributed by atoms with Crippen LogP contribution in [0.15, 0.2) is 53.9 Å². The average molecular weight is 281 g/mol. The van der Waals surface area contributed by atoms with Crippen molar-refractivity contribution in [3.63, 3.8) is 0 Å². The van der Waals surface area contributed by atoms with Crippen LogP contribution in [0.1, 0.15) is 22.0 Å². The monoisotopic (exact) mass is 281 g/mol. The lowest BCUT2D eigenvalue weighted by Gasteiger charge is -2.17. The topological polar surface area (TPSA) is 12.0 Å². The van der Waals surface area contributed by atoms with Crippen molar-refractivity contribution >= 4 is 22.1 Å². The Morgan fingerprint density at radius 3 is 2.60 bits per heavy atom.